The fourth-order valence-corrected chi connectivity index (χ4v) is 2.43. The van der Waals surface area contributed by atoms with Gasteiger partial charge in [0.15, 0.2) is 0 Å². The number of morpholine rings is 1. The highest BCUT2D eigenvalue weighted by molar-refractivity contribution is 5.48. The van der Waals surface area contributed by atoms with Gasteiger partial charge in [0.25, 0.3) is 0 Å². The number of hydrogen-bond acceptors (Lipinski definition) is 4. The van der Waals surface area contributed by atoms with Gasteiger partial charge in [0.05, 0.1) is 19.3 Å². The van der Waals surface area contributed by atoms with Crippen LogP contribution in [0.25, 0.3) is 0 Å². The van der Waals surface area contributed by atoms with Crippen molar-refractivity contribution in [3.05, 3.63) is 29.8 Å². The van der Waals surface area contributed by atoms with E-state index < -0.39 is 0 Å². The van der Waals surface area contributed by atoms with E-state index in [9.17, 15) is 0 Å². The first kappa shape index (κ1) is 15.3. The third kappa shape index (κ3) is 4.47. The maximum absolute atomic E-state index is 5.72. The Kier molecular flexibility index (Phi) is 6.30. The summed E-state index contributed by atoms with van der Waals surface area (Å²) in [6, 6.07) is 8.83. The van der Waals surface area contributed by atoms with Crippen molar-refractivity contribution in [1.29, 1.82) is 0 Å². The standard InChI is InChI=1S/C16H26N2O2/c1-3-16-13-18(9-11-20-16)15-6-4-14(5-7-15)12-17-8-10-19-2/h4-7,16-17H,3,8-13H2,1-2H3. The summed E-state index contributed by atoms with van der Waals surface area (Å²) in [5.74, 6) is 0. The third-order valence-corrected chi connectivity index (χ3v) is 3.71. The van der Waals surface area contributed by atoms with Crippen LogP contribution in [0.3, 0.4) is 0 Å². The minimum Gasteiger partial charge on any atom is -0.383 e. The van der Waals surface area contributed by atoms with Crippen molar-refractivity contribution in [2.45, 2.75) is 26.0 Å². The molecule has 0 saturated carbocycles. The van der Waals surface area contributed by atoms with Crippen LogP contribution in [0.2, 0.25) is 0 Å². The number of anilines is 1. The summed E-state index contributed by atoms with van der Waals surface area (Å²) < 4.78 is 10.7. The molecule has 1 aliphatic rings. The van der Waals surface area contributed by atoms with Crippen molar-refractivity contribution in [3.8, 4) is 0 Å². The predicted octanol–water partition coefficient (Wildman–Crippen LogP) is 2.04. The monoisotopic (exact) mass is 278 g/mol. The lowest BCUT2D eigenvalue weighted by Gasteiger charge is -2.34. The second-order valence-corrected chi connectivity index (χ2v) is 5.18. The smallest absolute Gasteiger partial charge is 0.0748 e. The van der Waals surface area contributed by atoms with Gasteiger partial charge in [-0.05, 0) is 24.1 Å². The molecule has 4 heteroatoms. The molecule has 1 heterocycles. The van der Waals surface area contributed by atoms with Crippen molar-refractivity contribution in [2.75, 3.05) is 44.9 Å². The summed E-state index contributed by atoms with van der Waals surface area (Å²) in [5.41, 5.74) is 2.61. The minimum atomic E-state index is 0.374. The molecule has 1 saturated heterocycles. The van der Waals surface area contributed by atoms with Crippen LogP contribution in [0.5, 0.6) is 0 Å². The van der Waals surface area contributed by atoms with Crippen LogP contribution in [0, 0.1) is 0 Å². The Morgan fingerprint density at radius 2 is 2.15 bits per heavy atom. The molecule has 4 nitrogen and oxygen atoms in total. The number of methoxy groups -OCH3 is 1. The van der Waals surface area contributed by atoms with Crippen LogP contribution in [-0.2, 0) is 16.0 Å². The van der Waals surface area contributed by atoms with Crippen LogP contribution >= 0.6 is 0 Å². The zero-order valence-electron chi connectivity index (χ0n) is 12.6. The highest BCUT2D eigenvalue weighted by atomic mass is 16.5. The van der Waals surface area contributed by atoms with Gasteiger partial charge in [0.2, 0.25) is 0 Å². The lowest BCUT2D eigenvalue weighted by Crippen LogP contribution is -2.42. The predicted molar refractivity (Wildman–Crippen MR) is 82.3 cm³/mol. The van der Waals surface area contributed by atoms with E-state index in [1.807, 2.05) is 0 Å². The summed E-state index contributed by atoms with van der Waals surface area (Å²) in [6.07, 6.45) is 1.46. The van der Waals surface area contributed by atoms with Gasteiger partial charge >= 0.3 is 0 Å². The van der Waals surface area contributed by atoms with Crippen molar-refractivity contribution in [2.24, 2.45) is 0 Å². The quantitative estimate of drug-likeness (QED) is 0.774. The number of nitrogens with zero attached hydrogens (tertiary/aromatic N) is 1. The summed E-state index contributed by atoms with van der Waals surface area (Å²) in [7, 11) is 1.72. The Labute approximate surface area is 122 Å². The molecule has 1 N–H and O–H groups in total. The van der Waals surface area contributed by atoms with Gasteiger partial charge in [0, 0.05) is 39.0 Å². The number of benzene rings is 1. The fourth-order valence-electron chi connectivity index (χ4n) is 2.43. The largest absolute Gasteiger partial charge is 0.383 e. The molecule has 1 aliphatic heterocycles. The molecule has 1 aromatic rings. The number of hydrogen-bond donors (Lipinski definition) is 1. The molecule has 0 aromatic heterocycles. The third-order valence-electron chi connectivity index (χ3n) is 3.71. The molecule has 0 aliphatic carbocycles. The van der Waals surface area contributed by atoms with Crippen LogP contribution in [0.4, 0.5) is 5.69 Å². The molecule has 0 radical (unpaired) electrons. The zero-order valence-corrected chi connectivity index (χ0v) is 12.6. The average Bonchev–Trinajstić information content (AvgIpc) is 2.52. The lowest BCUT2D eigenvalue weighted by molar-refractivity contribution is 0.0384. The van der Waals surface area contributed by atoms with E-state index in [2.05, 4.69) is 41.4 Å². The molecule has 112 valence electrons. The maximum Gasteiger partial charge on any atom is 0.0748 e. The van der Waals surface area contributed by atoms with Crippen molar-refractivity contribution in [3.63, 3.8) is 0 Å². The molecule has 0 bridgehead atoms. The second-order valence-electron chi connectivity index (χ2n) is 5.18. The first-order valence-corrected chi connectivity index (χ1v) is 7.48. The lowest BCUT2D eigenvalue weighted by atomic mass is 10.1. The van der Waals surface area contributed by atoms with E-state index >= 15 is 0 Å². The minimum absolute atomic E-state index is 0.374. The van der Waals surface area contributed by atoms with Gasteiger partial charge in [-0.3, -0.25) is 0 Å². The molecule has 1 unspecified atom stereocenters. The first-order chi connectivity index (χ1) is 9.83. The topological polar surface area (TPSA) is 33.7 Å². The van der Waals surface area contributed by atoms with Gasteiger partial charge in [-0.2, -0.15) is 0 Å². The second kappa shape index (κ2) is 8.25. The molecule has 1 atom stereocenters. The number of rotatable bonds is 7. The molecule has 1 fully saturated rings. The zero-order chi connectivity index (χ0) is 14.2. The van der Waals surface area contributed by atoms with E-state index in [0.717, 1.165) is 45.8 Å². The van der Waals surface area contributed by atoms with Crippen molar-refractivity contribution >= 4 is 5.69 Å². The Bertz CT molecular complexity index is 381. The molecule has 0 amide bonds. The molecule has 1 aromatic carbocycles. The highest BCUT2D eigenvalue weighted by Crippen LogP contribution is 2.19. The van der Waals surface area contributed by atoms with E-state index in [1.54, 1.807) is 7.11 Å². The average molecular weight is 278 g/mol. The molecular weight excluding hydrogens is 252 g/mol. The highest BCUT2D eigenvalue weighted by Gasteiger charge is 2.18. The fraction of sp³-hybridized carbons (Fsp3) is 0.625. The van der Waals surface area contributed by atoms with Crippen LogP contribution in [-0.4, -0.2) is 46.1 Å². The van der Waals surface area contributed by atoms with Gasteiger partial charge < -0.3 is 19.7 Å². The number of ether oxygens (including phenoxy) is 2. The van der Waals surface area contributed by atoms with Gasteiger partial charge in [-0.1, -0.05) is 19.1 Å². The Morgan fingerprint density at radius 3 is 2.85 bits per heavy atom. The normalized spacial score (nSPS) is 19.3. The van der Waals surface area contributed by atoms with Crippen LogP contribution < -0.4 is 10.2 Å². The Balaban J connectivity index is 1.84. The van der Waals surface area contributed by atoms with Gasteiger partial charge in [-0.15, -0.1) is 0 Å². The van der Waals surface area contributed by atoms with Crippen LogP contribution in [0.15, 0.2) is 24.3 Å². The molecule has 20 heavy (non-hydrogen) atoms. The van der Waals surface area contributed by atoms with Gasteiger partial charge in [-0.25, -0.2) is 0 Å². The number of nitrogens with one attached hydrogen (secondary N) is 1. The molecule has 2 rings (SSSR count). The molecule has 0 spiro atoms. The van der Waals surface area contributed by atoms with Gasteiger partial charge in [0.1, 0.15) is 0 Å². The maximum atomic E-state index is 5.72. The summed E-state index contributed by atoms with van der Waals surface area (Å²) in [5, 5.41) is 3.36. The van der Waals surface area contributed by atoms with Crippen molar-refractivity contribution in [1.82, 2.24) is 5.32 Å². The van der Waals surface area contributed by atoms with E-state index in [1.165, 1.54) is 11.3 Å². The van der Waals surface area contributed by atoms with Crippen molar-refractivity contribution < 1.29 is 9.47 Å². The van der Waals surface area contributed by atoms with E-state index in [-0.39, 0.29) is 0 Å². The van der Waals surface area contributed by atoms with E-state index in [0.29, 0.717) is 6.10 Å². The van der Waals surface area contributed by atoms with E-state index in [4.69, 9.17) is 9.47 Å². The SMILES string of the molecule is CCC1CN(c2ccc(CNCCOC)cc2)CCO1. The van der Waals surface area contributed by atoms with Crippen LogP contribution in [0.1, 0.15) is 18.9 Å². The Morgan fingerprint density at radius 1 is 1.35 bits per heavy atom. The molecular formula is C16H26N2O2. The summed E-state index contributed by atoms with van der Waals surface area (Å²) >= 11 is 0. The summed E-state index contributed by atoms with van der Waals surface area (Å²) in [6.45, 7) is 7.54. The summed E-state index contributed by atoms with van der Waals surface area (Å²) in [4.78, 5) is 2.42. The first-order valence-electron chi connectivity index (χ1n) is 7.48. The Hall–Kier alpha value is -1.10.